The number of carboxylic acids is 1. The van der Waals surface area contributed by atoms with Crippen molar-refractivity contribution in [3.05, 3.63) is 218 Å². The van der Waals surface area contributed by atoms with Crippen LogP contribution in [0.3, 0.4) is 0 Å². The number of para-hydroxylation sites is 1. The van der Waals surface area contributed by atoms with Crippen molar-refractivity contribution in [2.45, 2.75) is 6.54 Å². The lowest BCUT2D eigenvalue weighted by Crippen LogP contribution is -2.81. The molecule has 0 saturated carbocycles. The van der Waals surface area contributed by atoms with E-state index in [0.29, 0.717) is 5.56 Å². The van der Waals surface area contributed by atoms with Crippen LogP contribution in [0.4, 0.5) is 87.8 Å². The molecule has 376 valence electrons. The minimum absolute atomic E-state index is 0.00223. The molecule has 4 nitrogen and oxygen atoms in total. The first kappa shape index (κ1) is 52.6. The van der Waals surface area contributed by atoms with Crippen LogP contribution in [0, 0.1) is 116 Å². The van der Waals surface area contributed by atoms with E-state index in [9.17, 15) is 67.4 Å². The smallest absolute Gasteiger partial charge is 0.335 e. The Morgan fingerprint density at radius 3 is 1.07 bits per heavy atom. The number of hydrogen-bond donors (Lipinski definition) is 1. The van der Waals surface area contributed by atoms with Gasteiger partial charge in [0.15, 0.2) is 69.8 Å². The van der Waals surface area contributed by atoms with Gasteiger partial charge in [-0.15, -0.1) is 21.9 Å². The monoisotopic (exact) mass is 1050 g/mol. The molecule has 0 unspecified atom stereocenters. The third kappa shape index (κ3) is 8.44. The summed E-state index contributed by atoms with van der Waals surface area (Å²) in [6.07, 6.45) is -7.22. The Labute approximate surface area is 393 Å². The summed E-state index contributed by atoms with van der Waals surface area (Å²) in [5.41, 5.74) is -11.0. The summed E-state index contributed by atoms with van der Waals surface area (Å²) in [5.74, 6) is -72.4. The van der Waals surface area contributed by atoms with Gasteiger partial charge in [-0.05, 0) is 30.3 Å². The van der Waals surface area contributed by atoms with Gasteiger partial charge in [0.05, 0.1) is 5.56 Å². The second-order valence-electron chi connectivity index (χ2n) is 15.3. The van der Waals surface area contributed by atoms with Crippen LogP contribution in [-0.2, 0) is 6.54 Å². The number of carbonyl (C=O) groups excluding carboxylic acids is 1. The van der Waals surface area contributed by atoms with Gasteiger partial charge < -0.3 is 5.11 Å². The molecule has 7 aromatic carbocycles. The van der Waals surface area contributed by atoms with Crippen molar-refractivity contribution in [1.29, 1.82) is 0 Å². The largest absolute Gasteiger partial charge is 0.478 e. The van der Waals surface area contributed by atoms with E-state index in [0.717, 1.165) is 22.2 Å². The fourth-order valence-corrected chi connectivity index (χ4v) is 8.23. The normalized spacial score (nSPS) is 11.5. The Kier molecular flexibility index (Phi) is 14.2. The molecule has 0 aliphatic heterocycles. The number of nitrogens with zero attached hydrogens (tertiary/aromatic N) is 1. The third-order valence-electron chi connectivity index (χ3n) is 11.4. The average Bonchev–Trinajstić information content (AvgIpc) is 3.39. The zero-order valence-electron chi connectivity index (χ0n) is 35.2. The predicted octanol–water partition coefficient (Wildman–Crippen LogP) is 10.2. The number of aromatic carboxylic acids is 1. The first-order valence-corrected chi connectivity index (χ1v) is 19.9. The minimum atomic E-state index is -7.22. The molecule has 1 heterocycles. The second-order valence-corrected chi connectivity index (χ2v) is 15.3. The summed E-state index contributed by atoms with van der Waals surface area (Å²) in [4.78, 5) is 24.3. The highest BCUT2D eigenvalue weighted by atomic mass is 19.2. The lowest BCUT2D eigenvalue weighted by molar-refractivity contribution is -0.646. The van der Waals surface area contributed by atoms with Gasteiger partial charge in [0.25, 0.3) is 0 Å². The van der Waals surface area contributed by atoms with Crippen molar-refractivity contribution in [1.82, 2.24) is 0 Å². The van der Waals surface area contributed by atoms with Crippen molar-refractivity contribution in [2.75, 3.05) is 0 Å². The standard InChI is InChI=1S/C24BF20.C24H17NO3/c26-5-1(6(27)14(35)21(42)13(5)34)25(2-7(28)15(36)22(43)16(37)8(2)29,3-9(30)17(38)23(44)18(39)10(3)31)4-11(32)19(40)24(45)20(41)12(4)33;26-23(18-8-2-1-3-9-18)16-25-21-12-5-4-7-17(21)13-14-22(25)19-10-6-11-20(15-19)24(27)28/h;1-15H,16H2/q-1;/p+1. The van der Waals surface area contributed by atoms with E-state index < -0.39 is 150 Å². The highest BCUT2D eigenvalue weighted by Crippen LogP contribution is 2.31. The zero-order chi connectivity index (χ0) is 53.9. The number of carbonyl (C=O) groups is 2. The lowest BCUT2D eigenvalue weighted by Gasteiger charge is -2.44. The van der Waals surface area contributed by atoms with Gasteiger partial charge in [-0.25, -0.2) is 92.6 Å². The summed E-state index contributed by atoms with van der Waals surface area (Å²) in [7, 11) is 0. The van der Waals surface area contributed by atoms with Gasteiger partial charge in [-0.1, -0.05) is 48.5 Å². The predicted molar refractivity (Wildman–Crippen MR) is 217 cm³/mol. The van der Waals surface area contributed by atoms with E-state index in [1.165, 1.54) is 0 Å². The number of carboxylic acid groups (broad SMARTS) is 1. The van der Waals surface area contributed by atoms with Crippen molar-refractivity contribution >= 4 is 50.7 Å². The molecule has 0 aliphatic rings. The lowest BCUT2D eigenvalue weighted by atomic mass is 9.12. The number of hydrogen-bond acceptors (Lipinski definition) is 2. The van der Waals surface area contributed by atoms with E-state index in [-0.39, 0.29) is 17.9 Å². The summed E-state index contributed by atoms with van der Waals surface area (Å²) < 4.78 is 296. The maximum atomic E-state index is 15.4. The molecule has 1 N–H and O–H groups in total. The number of Topliss-reactive ketones (excluding diaryl/α,β-unsaturated/α-hetero) is 1. The molecule has 0 amide bonds. The van der Waals surface area contributed by atoms with E-state index in [2.05, 4.69) is 0 Å². The van der Waals surface area contributed by atoms with Gasteiger partial charge in [0.1, 0.15) is 52.7 Å². The number of fused-ring (bicyclic) bond motifs is 1. The molecule has 73 heavy (non-hydrogen) atoms. The van der Waals surface area contributed by atoms with Gasteiger partial charge in [0.2, 0.25) is 23.5 Å². The number of halogens is 20. The molecule has 25 heteroatoms. The van der Waals surface area contributed by atoms with E-state index in [4.69, 9.17) is 0 Å². The summed E-state index contributed by atoms with van der Waals surface area (Å²) in [6.45, 7) is 0.165. The van der Waals surface area contributed by atoms with Crippen LogP contribution in [0.25, 0.3) is 22.2 Å². The number of rotatable bonds is 9. The van der Waals surface area contributed by atoms with Crippen molar-refractivity contribution in [3.63, 3.8) is 0 Å². The van der Waals surface area contributed by atoms with Crippen LogP contribution in [0.1, 0.15) is 20.7 Å². The molecule has 0 aliphatic carbocycles. The molecule has 0 bridgehead atoms. The summed E-state index contributed by atoms with van der Waals surface area (Å²) >= 11 is 0. The second kappa shape index (κ2) is 19.7. The van der Waals surface area contributed by atoms with Crippen LogP contribution in [0.5, 0.6) is 0 Å². The molecule has 1 aromatic heterocycles. The van der Waals surface area contributed by atoms with Crippen molar-refractivity contribution in [2.24, 2.45) is 0 Å². The number of ketones is 1. The van der Waals surface area contributed by atoms with Crippen LogP contribution < -0.4 is 26.4 Å². The molecule has 0 atom stereocenters. The SMILES string of the molecule is Fc1c(F)c(F)c([B-](c2c(F)c(F)c(F)c(F)c2F)(c2c(F)c(F)c(F)c(F)c2F)c2c(F)c(F)c(F)c(F)c2F)c(F)c1F.O=C(O)c1cccc(-c2ccc3ccccc3[n+]2CC(=O)c2ccccc2)c1. The molecule has 0 saturated heterocycles. The Morgan fingerprint density at radius 2 is 0.699 bits per heavy atom. The van der Waals surface area contributed by atoms with Crippen LogP contribution in [0.2, 0.25) is 0 Å². The zero-order valence-corrected chi connectivity index (χ0v) is 35.2. The average molecular weight is 1050 g/mol. The van der Waals surface area contributed by atoms with Crippen molar-refractivity contribution < 1.29 is 107 Å². The maximum Gasteiger partial charge on any atom is 0.335 e. The highest BCUT2D eigenvalue weighted by molar-refractivity contribution is 7.20. The molecule has 8 rings (SSSR count). The Morgan fingerprint density at radius 1 is 0.370 bits per heavy atom. The van der Waals surface area contributed by atoms with Crippen LogP contribution in [-0.4, -0.2) is 23.0 Å². The molecular formula is C48H18BF20NO3. The fourth-order valence-electron chi connectivity index (χ4n) is 8.23. The molecular weight excluding hydrogens is 1030 g/mol. The van der Waals surface area contributed by atoms with Gasteiger partial charge in [-0.3, -0.25) is 4.79 Å². The Balaban J connectivity index is 0.000000237. The summed E-state index contributed by atoms with van der Waals surface area (Å²) in [5, 5.41) is 10.3. The highest BCUT2D eigenvalue weighted by Gasteiger charge is 2.52. The molecule has 8 aromatic rings. The molecule has 0 fully saturated rings. The van der Waals surface area contributed by atoms with E-state index >= 15 is 35.1 Å². The topological polar surface area (TPSA) is 58.2 Å². The van der Waals surface area contributed by atoms with E-state index in [1.807, 2.05) is 65.2 Å². The van der Waals surface area contributed by atoms with Crippen LogP contribution >= 0.6 is 0 Å². The van der Waals surface area contributed by atoms with Gasteiger partial charge in [-0.2, -0.15) is 4.57 Å². The minimum Gasteiger partial charge on any atom is -0.478 e. The first-order valence-electron chi connectivity index (χ1n) is 19.9. The number of benzene rings is 7. The molecule has 0 radical (unpaired) electrons. The maximum absolute atomic E-state index is 15.4. The first-order chi connectivity index (χ1) is 34.3. The third-order valence-corrected chi connectivity index (χ3v) is 11.4. The fraction of sp³-hybridized carbons (Fsp3) is 0.0208. The Hall–Kier alpha value is -8.25. The number of pyridine rings is 1. The Bertz CT molecular complexity index is 3230. The van der Waals surface area contributed by atoms with Crippen LogP contribution in [0.15, 0.2) is 91.0 Å². The van der Waals surface area contributed by atoms with Crippen molar-refractivity contribution in [3.8, 4) is 11.3 Å². The van der Waals surface area contributed by atoms with Gasteiger partial charge >= 0.3 is 5.97 Å². The van der Waals surface area contributed by atoms with Gasteiger partial charge in [0, 0.05) is 28.6 Å². The van der Waals surface area contributed by atoms with E-state index in [1.54, 1.807) is 30.3 Å². The number of aromatic nitrogens is 1. The molecule has 0 spiro atoms. The summed E-state index contributed by atoms with van der Waals surface area (Å²) in [6, 6.07) is 27.7. The quantitative estimate of drug-likeness (QED) is 0.0392.